The van der Waals surface area contributed by atoms with E-state index in [4.69, 9.17) is 23.2 Å². The van der Waals surface area contributed by atoms with Crippen molar-refractivity contribution < 1.29 is 14.4 Å². The molecule has 3 amide bonds. The molecule has 3 aromatic carbocycles. The maximum Gasteiger partial charge on any atom is 0.253 e. The summed E-state index contributed by atoms with van der Waals surface area (Å²) in [4.78, 5) is 44.5. The van der Waals surface area contributed by atoms with Crippen LogP contribution < -0.4 is 15.1 Å². The first kappa shape index (κ1) is 22.3. The number of amides is 3. The van der Waals surface area contributed by atoms with Gasteiger partial charge in [-0.2, -0.15) is 0 Å². The number of hydrogen-bond acceptors (Lipinski definition) is 4. The number of benzene rings is 3. The van der Waals surface area contributed by atoms with Gasteiger partial charge in [0.1, 0.15) is 5.54 Å². The van der Waals surface area contributed by atoms with Crippen LogP contribution in [0.5, 0.6) is 0 Å². The third-order valence-electron chi connectivity index (χ3n) is 7.35. The molecule has 3 aromatic rings. The molecule has 35 heavy (non-hydrogen) atoms. The van der Waals surface area contributed by atoms with E-state index in [-0.39, 0.29) is 30.3 Å². The number of imide groups is 1. The van der Waals surface area contributed by atoms with Crippen LogP contribution in [0.2, 0.25) is 10.0 Å². The number of carbonyl (C=O) groups is 3. The summed E-state index contributed by atoms with van der Waals surface area (Å²) in [6, 6.07) is 21.2. The summed E-state index contributed by atoms with van der Waals surface area (Å²) in [5.74, 6) is -2.39. The van der Waals surface area contributed by atoms with Crippen molar-refractivity contribution in [3.05, 3.63) is 94.0 Å². The molecule has 2 fully saturated rings. The van der Waals surface area contributed by atoms with E-state index in [0.29, 0.717) is 27.0 Å². The molecule has 4 atom stereocenters. The van der Waals surface area contributed by atoms with E-state index < -0.39 is 17.4 Å². The van der Waals surface area contributed by atoms with Crippen LogP contribution in [0.3, 0.4) is 0 Å². The Bertz CT molecular complexity index is 1400. The van der Waals surface area contributed by atoms with Crippen molar-refractivity contribution in [1.29, 1.82) is 0 Å². The van der Waals surface area contributed by atoms with Gasteiger partial charge in [0.2, 0.25) is 11.8 Å². The molecule has 6 rings (SSSR count). The Morgan fingerprint density at radius 3 is 2.34 bits per heavy atom. The van der Waals surface area contributed by atoms with Gasteiger partial charge in [-0.1, -0.05) is 65.7 Å². The van der Waals surface area contributed by atoms with Crippen LogP contribution in [0.1, 0.15) is 18.1 Å². The van der Waals surface area contributed by atoms with Crippen LogP contribution >= 0.6 is 23.2 Å². The minimum Gasteiger partial charge on any atom is -0.306 e. The lowest BCUT2D eigenvalue weighted by Gasteiger charge is -2.30. The highest BCUT2D eigenvalue weighted by Crippen LogP contribution is 2.55. The molecule has 0 unspecified atom stereocenters. The highest BCUT2D eigenvalue weighted by molar-refractivity contribution is 6.42. The topological polar surface area (TPSA) is 69.7 Å². The predicted molar refractivity (Wildman–Crippen MR) is 134 cm³/mol. The zero-order chi connectivity index (χ0) is 24.5. The Morgan fingerprint density at radius 1 is 0.886 bits per heavy atom. The summed E-state index contributed by atoms with van der Waals surface area (Å²) in [5, 5.41) is 4.24. The average molecular weight is 506 g/mol. The molecule has 176 valence electrons. The molecule has 6 nitrogen and oxygen atoms in total. The number of anilines is 2. The fourth-order valence-corrected chi connectivity index (χ4v) is 6.24. The fourth-order valence-electron chi connectivity index (χ4n) is 5.92. The fraction of sp³-hybridized carbons (Fsp3) is 0.222. The molecule has 0 radical (unpaired) electrons. The van der Waals surface area contributed by atoms with E-state index in [1.807, 2.05) is 43.3 Å². The van der Waals surface area contributed by atoms with Gasteiger partial charge in [0.15, 0.2) is 0 Å². The SMILES string of the molecule is C[C@@H]1N[C@]2(C(=O)N(Cc3ccc(Cl)c(Cl)c3)c3ccccc32)[C@@H]2C(=O)N(c3ccccc3)C(=O)[C@H]12. The van der Waals surface area contributed by atoms with Crippen molar-refractivity contribution in [3.8, 4) is 0 Å². The molecule has 0 aliphatic carbocycles. The molecule has 0 saturated carbocycles. The third kappa shape index (κ3) is 3.03. The zero-order valence-corrected chi connectivity index (χ0v) is 20.3. The maximum atomic E-state index is 14.2. The van der Waals surface area contributed by atoms with E-state index >= 15 is 0 Å². The Labute approximate surface area is 212 Å². The van der Waals surface area contributed by atoms with Crippen LogP contribution in [-0.2, 0) is 26.5 Å². The van der Waals surface area contributed by atoms with Crippen LogP contribution in [0.25, 0.3) is 0 Å². The molecule has 1 N–H and O–H groups in total. The van der Waals surface area contributed by atoms with Crippen molar-refractivity contribution in [2.75, 3.05) is 9.80 Å². The number of rotatable bonds is 3. The number of para-hydroxylation sites is 2. The summed E-state index contributed by atoms with van der Waals surface area (Å²) < 4.78 is 0. The van der Waals surface area contributed by atoms with E-state index in [1.54, 1.807) is 41.3 Å². The van der Waals surface area contributed by atoms with Crippen molar-refractivity contribution in [2.24, 2.45) is 11.8 Å². The van der Waals surface area contributed by atoms with Crippen molar-refractivity contribution >= 4 is 52.3 Å². The standard InChI is InChI=1S/C27H21Cl2N3O3/c1-15-22-23(25(34)32(24(22)33)17-7-3-2-4-8-17)27(30-15)18-9-5-6-10-21(18)31(26(27)35)14-16-11-12-19(28)20(29)13-16/h2-13,15,22-23,30H,14H2,1H3/t15-,22+,23-,27-/m0/s1. The first-order chi connectivity index (χ1) is 16.8. The molecule has 0 aromatic heterocycles. The smallest absolute Gasteiger partial charge is 0.253 e. The van der Waals surface area contributed by atoms with Gasteiger partial charge < -0.3 is 4.90 Å². The normalized spacial score (nSPS) is 27.2. The summed E-state index contributed by atoms with van der Waals surface area (Å²) in [6.45, 7) is 2.12. The lowest BCUT2D eigenvalue weighted by atomic mass is 9.76. The molecule has 3 aliphatic heterocycles. The van der Waals surface area contributed by atoms with E-state index in [2.05, 4.69) is 5.32 Å². The quantitative estimate of drug-likeness (QED) is 0.530. The zero-order valence-electron chi connectivity index (χ0n) is 18.7. The van der Waals surface area contributed by atoms with Gasteiger partial charge >= 0.3 is 0 Å². The van der Waals surface area contributed by atoms with Crippen LogP contribution in [0, 0.1) is 11.8 Å². The monoisotopic (exact) mass is 505 g/mol. The first-order valence-electron chi connectivity index (χ1n) is 11.4. The van der Waals surface area contributed by atoms with Gasteiger partial charge in [0, 0.05) is 17.3 Å². The van der Waals surface area contributed by atoms with Gasteiger partial charge in [0.25, 0.3) is 5.91 Å². The number of nitrogens with zero attached hydrogens (tertiary/aromatic N) is 2. The van der Waals surface area contributed by atoms with Crippen LogP contribution in [0.15, 0.2) is 72.8 Å². The Balaban J connectivity index is 1.46. The van der Waals surface area contributed by atoms with Gasteiger partial charge in [-0.15, -0.1) is 0 Å². The number of fused-ring (bicyclic) bond motifs is 4. The molecule has 0 bridgehead atoms. The lowest BCUT2D eigenvalue weighted by molar-refractivity contribution is -0.132. The average Bonchev–Trinajstić information content (AvgIpc) is 3.40. The van der Waals surface area contributed by atoms with Gasteiger partial charge in [0.05, 0.1) is 34.1 Å². The molecule has 3 heterocycles. The Morgan fingerprint density at radius 2 is 1.60 bits per heavy atom. The number of hydrogen-bond donors (Lipinski definition) is 1. The van der Waals surface area contributed by atoms with E-state index in [0.717, 1.165) is 5.56 Å². The molecule has 8 heteroatoms. The van der Waals surface area contributed by atoms with Gasteiger partial charge in [-0.3, -0.25) is 19.7 Å². The molecule has 2 saturated heterocycles. The van der Waals surface area contributed by atoms with E-state index in [9.17, 15) is 14.4 Å². The second-order valence-corrected chi connectivity index (χ2v) is 10.1. The van der Waals surface area contributed by atoms with Crippen LogP contribution in [-0.4, -0.2) is 23.8 Å². The molecule has 3 aliphatic rings. The van der Waals surface area contributed by atoms with Gasteiger partial charge in [-0.25, -0.2) is 4.90 Å². The van der Waals surface area contributed by atoms with Crippen molar-refractivity contribution in [2.45, 2.75) is 25.0 Å². The summed E-state index contributed by atoms with van der Waals surface area (Å²) >= 11 is 12.3. The number of nitrogens with one attached hydrogen (secondary N) is 1. The Kier molecular flexibility index (Phi) is 5.04. The molecular weight excluding hydrogens is 485 g/mol. The number of halogens is 2. The summed E-state index contributed by atoms with van der Waals surface area (Å²) in [6.07, 6.45) is 0. The van der Waals surface area contributed by atoms with Crippen molar-refractivity contribution in [1.82, 2.24) is 5.32 Å². The van der Waals surface area contributed by atoms with Crippen LogP contribution in [0.4, 0.5) is 11.4 Å². The van der Waals surface area contributed by atoms with E-state index in [1.165, 1.54) is 4.90 Å². The Hall–Kier alpha value is -3.19. The minimum absolute atomic E-state index is 0.250. The predicted octanol–water partition coefficient (Wildman–Crippen LogP) is 4.53. The third-order valence-corrected chi connectivity index (χ3v) is 8.09. The second kappa shape index (κ2) is 7.92. The maximum absolute atomic E-state index is 14.2. The molecular formula is C27H21Cl2N3O3. The lowest BCUT2D eigenvalue weighted by Crippen LogP contribution is -2.54. The number of carbonyl (C=O) groups excluding carboxylic acids is 3. The summed E-state index contributed by atoms with van der Waals surface area (Å²) in [5.41, 5.74) is 1.42. The minimum atomic E-state index is -1.33. The van der Waals surface area contributed by atoms with Gasteiger partial charge in [-0.05, 0) is 42.8 Å². The largest absolute Gasteiger partial charge is 0.306 e. The second-order valence-electron chi connectivity index (χ2n) is 9.25. The first-order valence-corrected chi connectivity index (χ1v) is 12.2. The summed E-state index contributed by atoms with van der Waals surface area (Å²) in [7, 11) is 0. The highest BCUT2D eigenvalue weighted by atomic mass is 35.5. The molecule has 1 spiro atoms. The van der Waals surface area contributed by atoms with Crippen molar-refractivity contribution in [3.63, 3.8) is 0 Å². The highest BCUT2D eigenvalue weighted by Gasteiger charge is 2.71.